The average molecular weight is 263 g/mol. The van der Waals surface area contributed by atoms with Crippen molar-refractivity contribution >= 4 is 17.3 Å². The summed E-state index contributed by atoms with van der Waals surface area (Å²) in [6.45, 7) is 4.37. The van der Waals surface area contributed by atoms with Gasteiger partial charge >= 0.3 is 5.97 Å². The molecular weight excluding hydrogens is 242 g/mol. The number of carbonyl (C=O) groups is 1. The summed E-state index contributed by atoms with van der Waals surface area (Å²) >= 11 is 0. The molecule has 4 N–H and O–H groups in total. The number of anilines is 2. The second-order valence-electron chi connectivity index (χ2n) is 5.26. The number of piperidine rings is 1. The van der Waals surface area contributed by atoms with Crippen LogP contribution in [0.5, 0.6) is 0 Å². The molecule has 2 atom stereocenters. The normalized spacial score (nSPS) is 24.1. The number of carboxylic acids is 1. The van der Waals surface area contributed by atoms with Gasteiger partial charge in [-0.05, 0) is 44.9 Å². The van der Waals surface area contributed by atoms with Gasteiger partial charge in [0, 0.05) is 12.1 Å². The van der Waals surface area contributed by atoms with Crippen molar-refractivity contribution in [3.63, 3.8) is 0 Å². The third-order valence-corrected chi connectivity index (χ3v) is 3.74. The third-order valence-electron chi connectivity index (χ3n) is 3.74. The Morgan fingerprint density at radius 2 is 2.00 bits per heavy atom. The highest BCUT2D eigenvalue weighted by atomic mass is 16.4. The fourth-order valence-corrected chi connectivity index (χ4v) is 2.58. The summed E-state index contributed by atoms with van der Waals surface area (Å²) in [5, 5.41) is 11.1. The number of rotatable bonds is 3. The second-order valence-corrected chi connectivity index (χ2v) is 5.26. The standard InChI is InChI=1S/C14H21N3O2/c1-9-4-3-5-10(2)17(9)16-13-7-6-11(14(18)19)8-12(13)15/h6-10,16H,3-5,15H2,1-2H3,(H,18,19). The number of aromatic carboxylic acids is 1. The molecule has 1 heterocycles. The van der Waals surface area contributed by atoms with Crippen LogP contribution in [0, 0.1) is 0 Å². The lowest BCUT2D eigenvalue weighted by Gasteiger charge is -2.39. The molecule has 19 heavy (non-hydrogen) atoms. The van der Waals surface area contributed by atoms with Crippen molar-refractivity contribution in [3.8, 4) is 0 Å². The summed E-state index contributed by atoms with van der Waals surface area (Å²) in [5.74, 6) is -0.960. The molecule has 0 aromatic heterocycles. The van der Waals surface area contributed by atoms with Crippen LogP contribution >= 0.6 is 0 Å². The van der Waals surface area contributed by atoms with Crippen LogP contribution in [0.15, 0.2) is 18.2 Å². The van der Waals surface area contributed by atoms with Crippen LogP contribution in [-0.2, 0) is 0 Å². The van der Waals surface area contributed by atoms with Gasteiger partial charge in [-0.3, -0.25) is 0 Å². The second kappa shape index (κ2) is 5.48. The lowest BCUT2D eigenvalue weighted by molar-refractivity contribution is 0.0697. The van der Waals surface area contributed by atoms with E-state index >= 15 is 0 Å². The monoisotopic (exact) mass is 263 g/mol. The summed E-state index contributed by atoms with van der Waals surface area (Å²) in [4.78, 5) is 10.9. The summed E-state index contributed by atoms with van der Waals surface area (Å²) < 4.78 is 0. The maximum absolute atomic E-state index is 10.9. The highest BCUT2D eigenvalue weighted by Crippen LogP contribution is 2.26. The molecule has 2 rings (SSSR count). The van der Waals surface area contributed by atoms with Gasteiger partial charge < -0.3 is 16.3 Å². The lowest BCUT2D eigenvalue weighted by atomic mass is 10.00. The number of nitrogen functional groups attached to an aromatic ring is 1. The quantitative estimate of drug-likeness (QED) is 0.730. The Kier molecular flexibility index (Phi) is 3.95. The van der Waals surface area contributed by atoms with Gasteiger partial charge in [0.25, 0.3) is 0 Å². The highest BCUT2D eigenvalue weighted by Gasteiger charge is 2.25. The third kappa shape index (κ3) is 2.98. The number of carboxylic acid groups (broad SMARTS) is 1. The maximum Gasteiger partial charge on any atom is 0.335 e. The molecule has 1 aromatic carbocycles. The molecule has 0 bridgehead atoms. The van der Waals surface area contributed by atoms with Crippen molar-refractivity contribution in [2.45, 2.75) is 45.2 Å². The van der Waals surface area contributed by atoms with Crippen molar-refractivity contribution in [1.82, 2.24) is 5.01 Å². The molecule has 1 aliphatic heterocycles. The van der Waals surface area contributed by atoms with E-state index in [9.17, 15) is 4.79 Å². The van der Waals surface area contributed by atoms with Gasteiger partial charge in [-0.15, -0.1) is 0 Å². The van der Waals surface area contributed by atoms with Gasteiger partial charge in [0.1, 0.15) is 0 Å². The van der Waals surface area contributed by atoms with Crippen molar-refractivity contribution in [2.75, 3.05) is 11.2 Å². The van der Waals surface area contributed by atoms with E-state index in [2.05, 4.69) is 24.3 Å². The summed E-state index contributed by atoms with van der Waals surface area (Å²) in [7, 11) is 0. The van der Waals surface area contributed by atoms with Crippen molar-refractivity contribution in [2.24, 2.45) is 0 Å². The number of nitrogens with zero attached hydrogens (tertiary/aromatic N) is 1. The van der Waals surface area contributed by atoms with Crippen LogP contribution in [-0.4, -0.2) is 28.2 Å². The first-order chi connectivity index (χ1) is 8.99. The van der Waals surface area contributed by atoms with E-state index in [1.165, 1.54) is 12.5 Å². The molecule has 1 saturated heterocycles. The molecule has 0 amide bonds. The van der Waals surface area contributed by atoms with Gasteiger partial charge in [0.05, 0.1) is 16.9 Å². The van der Waals surface area contributed by atoms with Gasteiger partial charge in [-0.25, -0.2) is 9.80 Å². The van der Waals surface area contributed by atoms with E-state index in [0.29, 0.717) is 17.8 Å². The SMILES string of the molecule is CC1CCCC(C)N1Nc1ccc(C(=O)O)cc1N. The first kappa shape index (κ1) is 13.7. The first-order valence-electron chi connectivity index (χ1n) is 6.67. The predicted molar refractivity (Wildman–Crippen MR) is 76.1 cm³/mol. The van der Waals surface area contributed by atoms with E-state index in [0.717, 1.165) is 18.5 Å². The van der Waals surface area contributed by atoms with Crippen molar-refractivity contribution in [1.29, 1.82) is 0 Å². The Labute approximate surface area is 113 Å². The smallest absolute Gasteiger partial charge is 0.335 e. The summed E-state index contributed by atoms with van der Waals surface area (Å²) in [6, 6.07) is 5.68. The number of hydrazine groups is 1. The maximum atomic E-state index is 10.9. The number of hydrogen-bond donors (Lipinski definition) is 3. The minimum atomic E-state index is -0.960. The number of benzene rings is 1. The minimum absolute atomic E-state index is 0.211. The molecule has 0 spiro atoms. The molecule has 5 nitrogen and oxygen atoms in total. The van der Waals surface area contributed by atoms with Gasteiger partial charge in [0.2, 0.25) is 0 Å². The minimum Gasteiger partial charge on any atom is -0.478 e. The molecule has 1 aromatic rings. The topological polar surface area (TPSA) is 78.6 Å². The van der Waals surface area contributed by atoms with Crippen LogP contribution in [0.4, 0.5) is 11.4 Å². The Hall–Kier alpha value is -1.75. The van der Waals surface area contributed by atoms with Crippen LogP contribution in [0.2, 0.25) is 0 Å². The first-order valence-corrected chi connectivity index (χ1v) is 6.67. The molecule has 1 aliphatic rings. The number of hydrogen-bond acceptors (Lipinski definition) is 4. The number of nitrogens with one attached hydrogen (secondary N) is 1. The van der Waals surface area contributed by atoms with Crippen molar-refractivity contribution < 1.29 is 9.90 Å². The fraction of sp³-hybridized carbons (Fsp3) is 0.500. The zero-order valence-corrected chi connectivity index (χ0v) is 11.4. The molecule has 104 valence electrons. The van der Waals surface area contributed by atoms with E-state index in [4.69, 9.17) is 10.8 Å². The van der Waals surface area contributed by atoms with E-state index < -0.39 is 5.97 Å². The average Bonchev–Trinajstić information content (AvgIpc) is 2.35. The highest BCUT2D eigenvalue weighted by molar-refractivity contribution is 5.90. The molecular formula is C14H21N3O2. The Morgan fingerprint density at radius 3 is 2.53 bits per heavy atom. The predicted octanol–water partition coefficient (Wildman–Crippen LogP) is 2.56. The molecule has 2 unspecified atom stereocenters. The molecule has 0 radical (unpaired) electrons. The van der Waals surface area contributed by atoms with Gasteiger partial charge in [-0.1, -0.05) is 6.42 Å². The Balaban J connectivity index is 2.16. The zero-order chi connectivity index (χ0) is 14.0. The molecule has 1 fully saturated rings. The van der Waals surface area contributed by atoms with Crippen molar-refractivity contribution in [3.05, 3.63) is 23.8 Å². The van der Waals surface area contributed by atoms with Crippen LogP contribution < -0.4 is 11.2 Å². The Bertz CT molecular complexity index is 466. The fourth-order valence-electron chi connectivity index (χ4n) is 2.58. The largest absolute Gasteiger partial charge is 0.478 e. The molecule has 0 aliphatic carbocycles. The van der Waals surface area contributed by atoms with E-state index in [-0.39, 0.29) is 5.56 Å². The van der Waals surface area contributed by atoms with Crippen LogP contribution in [0.3, 0.4) is 0 Å². The van der Waals surface area contributed by atoms with Gasteiger partial charge in [0.15, 0.2) is 0 Å². The van der Waals surface area contributed by atoms with E-state index in [1.807, 2.05) is 0 Å². The number of nitrogens with two attached hydrogens (primary N) is 1. The lowest BCUT2D eigenvalue weighted by Crippen LogP contribution is -2.47. The Morgan fingerprint density at radius 1 is 1.37 bits per heavy atom. The summed E-state index contributed by atoms with van der Waals surface area (Å²) in [6.07, 6.45) is 3.56. The summed E-state index contributed by atoms with van der Waals surface area (Å²) in [5.41, 5.74) is 10.7. The molecule has 5 heteroatoms. The zero-order valence-electron chi connectivity index (χ0n) is 11.4. The van der Waals surface area contributed by atoms with Crippen LogP contribution in [0.1, 0.15) is 43.5 Å². The van der Waals surface area contributed by atoms with E-state index in [1.54, 1.807) is 12.1 Å². The van der Waals surface area contributed by atoms with Crippen LogP contribution in [0.25, 0.3) is 0 Å². The van der Waals surface area contributed by atoms with Gasteiger partial charge in [-0.2, -0.15) is 0 Å². The molecule has 0 saturated carbocycles.